The zero-order valence-electron chi connectivity index (χ0n) is 27.9. The van der Waals surface area contributed by atoms with E-state index in [4.69, 9.17) is 16.3 Å². The van der Waals surface area contributed by atoms with Crippen molar-refractivity contribution in [3.8, 4) is 5.75 Å². The summed E-state index contributed by atoms with van der Waals surface area (Å²) in [6.07, 6.45) is 4.99. The van der Waals surface area contributed by atoms with Crippen LogP contribution >= 0.6 is 23.4 Å². The average Bonchev–Trinajstić information content (AvgIpc) is 3.71. The van der Waals surface area contributed by atoms with Gasteiger partial charge in [-0.25, -0.2) is 4.98 Å². The fourth-order valence-electron chi connectivity index (χ4n) is 6.11. The van der Waals surface area contributed by atoms with Crippen LogP contribution in [0.2, 0.25) is 5.02 Å². The van der Waals surface area contributed by atoms with Crippen molar-refractivity contribution in [3.05, 3.63) is 64.8 Å². The van der Waals surface area contributed by atoms with Gasteiger partial charge in [0.25, 0.3) is 5.91 Å². The van der Waals surface area contributed by atoms with E-state index in [2.05, 4.69) is 64.0 Å². The molecule has 2 aromatic carbocycles. The van der Waals surface area contributed by atoms with Gasteiger partial charge in [0.05, 0.1) is 24.0 Å². The third kappa shape index (κ3) is 8.88. The molecule has 0 radical (unpaired) electrons. The molecule has 12 heteroatoms. The molecule has 3 aliphatic heterocycles. The molecule has 0 aliphatic carbocycles. The molecular weight excluding hydrogens is 634 g/mol. The molecular formula is C35H46ClN7O3S. The number of aromatic nitrogens is 2. The van der Waals surface area contributed by atoms with Gasteiger partial charge in [-0.2, -0.15) is 4.98 Å². The molecule has 2 amide bonds. The maximum Gasteiger partial charge on any atom is 0.254 e. The molecule has 47 heavy (non-hydrogen) atoms. The number of hydrogen-bond acceptors (Lipinski definition) is 9. The lowest BCUT2D eigenvalue weighted by Gasteiger charge is -2.37. The van der Waals surface area contributed by atoms with Gasteiger partial charge in [-0.1, -0.05) is 43.6 Å². The van der Waals surface area contributed by atoms with Crippen LogP contribution in [0.5, 0.6) is 5.75 Å². The van der Waals surface area contributed by atoms with Crippen LogP contribution in [0, 0.1) is 0 Å². The molecule has 1 unspecified atom stereocenters. The van der Waals surface area contributed by atoms with Crippen LogP contribution in [-0.2, 0) is 11.3 Å². The summed E-state index contributed by atoms with van der Waals surface area (Å²) in [6.45, 7) is 11.1. The van der Waals surface area contributed by atoms with E-state index < -0.39 is 0 Å². The molecule has 2 saturated heterocycles. The molecule has 0 saturated carbocycles. The second kappa shape index (κ2) is 16.0. The summed E-state index contributed by atoms with van der Waals surface area (Å²) in [4.78, 5) is 40.2. The monoisotopic (exact) mass is 679 g/mol. The third-order valence-corrected chi connectivity index (χ3v) is 9.61. The fourth-order valence-corrected chi connectivity index (χ4v) is 7.16. The number of likely N-dealkylation sites (tertiary alicyclic amines) is 1. The molecule has 3 aliphatic rings. The van der Waals surface area contributed by atoms with Gasteiger partial charge in [-0.3, -0.25) is 9.59 Å². The summed E-state index contributed by atoms with van der Waals surface area (Å²) in [5.41, 5.74) is 2.21. The lowest BCUT2D eigenvalue weighted by atomic mass is 10.0. The molecule has 0 bridgehead atoms. The van der Waals surface area contributed by atoms with E-state index in [0.717, 1.165) is 37.8 Å². The predicted octanol–water partition coefficient (Wildman–Crippen LogP) is 6.59. The number of amides is 2. The van der Waals surface area contributed by atoms with Crippen molar-refractivity contribution in [1.82, 2.24) is 25.1 Å². The quantitative estimate of drug-likeness (QED) is 0.216. The number of nitrogens with zero attached hydrogens (tertiary/aromatic N) is 4. The first-order chi connectivity index (χ1) is 22.6. The van der Waals surface area contributed by atoms with E-state index in [9.17, 15) is 9.59 Å². The third-order valence-electron chi connectivity index (χ3n) is 8.32. The molecule has 252 valence electrons. The fraction of sp³-hybridized carbons (Fsp3) is 0.486. The molecule has 1 atom stereocenters. The Labute approximate surface area is 287 Å². The van der Waals surface area contributed by atoms with E-state index in [-0.39, 0.29) is 30.0 Å². The minimum absolute atomic E-state index is 0.00400. The summed E-state index contributed by atoms with van der Waals surface area (Å²) in [5.74, 6) is 1.69. The summed E-state index contributed by atoms with van der Waals surface area (Å²) in [7, 11) is 1.74. The summed E-state index contributed by atoms with van der Waals surface area (Å²) in [6, 6.07) is 14.3. The van der Waals surface area contributed by atoms with Crippen LogP contribution in [0.25, 0.3) is 0 Å². The minimum Gasteiger partial charge on any atom is -0.489 e. The largest absolute Gasteiger partial charge is 0.489 e. The highest BCUT2D eigenvalue weighted by molar-refractivity contribution is 7.99. The number of fused-ring (bicyclic) bond motifs is 1. The van der Waals surface area contributed by atoms with Crippen molar-refractivity contribution < 1.29 is 14.3 Å². The molecule has 3 N–H and O–H groups in total. The van der Waals surface area contributed by atoms with Gasteiger partial charge in [0.2, 0.25) is 11.9 Å². The van der Waals surface area contributed by atoms with E-state index in [0.29, 0.717) is 58.7 Å². The van der Waals surface area contributed by atoms with Gasteiger partial charge in [0.15, 0.2) is 0 Å². The van der Waals surface area contributed by atoms with Crippen molar-refractivity contribution in [2.45, 2.75) is 88.3 Å². The van der Waals surface area contributed by atoms with Gasteiger partial charge >= 0.3 is 0 Å². The Morgan fingerprint density at radius 1 is 1.11 bits per heavy atom. The summed E-state index contributed by atoms with van der Waals surface area (Å²) < 4.78 is 6.09. The highest BCUT2D eigenvalue weighted by atomic mass is 35.5. The number of hydrogen-bond donors (Lipinski definition) is 3. The zero-order chi connectivity index (χ0) is 33.5. The second-order valence-corrected chi connectivity index (χ2v) is 14.6. The lowest BCUT2D eigenvalue weighted by molar-refractivity contribution is -0.134. The Hall–Kier alpha value is -3.54. The number of nitrogens with one attached hydrogen (secondary N) is 3. The van der Waals surface area contributed by atoms with Crippen LogP contribution < -0.4 is 20.7 Å². The second-order valence-electron chi connectivity index (χ2n) is 12.6. The highest BCUT2D eigenvalue weighted by Gasteiger charge is 2.37. The number of thioether (sulfide) groups is 1. The van der Waals surface area contributed by atoms with Crippen molar-refractivity contribution in [2.24, 2.45) is 0 Å². The maximum atomic E-state index is 13.5. The standard InChI is InChI=1S/C26H34ClN7O3.C9H12S/c1-15(2)37-22-11-16-14-34(17-6-9-33(10-7-17)25(36)20-5-4-8-29-20)24(35)18(16)12-21(22)31-26-30-13-19(27)23(28-3)32-26;1-8(2)10-9-6-4-3-5-7-9/h11-13,15,17,20,29H,4-10,14H2,1-3H3,(H2,28,30,31,32);3-8H,1-2H3. The number of halogens is 1. The number of ether oxygens (including phenoxy) is 1. The number of benzene rings is 2. The first kappa shape index (κ1) is 34.8. The number of piperidine rings is 1. The van der Waals surface area contributed by atoms with Gasteiger partial charge < -0.3 is 30.5 Å². The first-order valence-corrected chi connectivity index (χ1v) is 17.7. The van der Waals surface area contributed by atoms with Crippen molar-refractivity contribution in [2.75, 3.05) is 37.3 Å². The minimum atomic E-state index is -0.0537. The van der Waals surface area contributed by atoms with Crippen LogP contribution in [-0.4, -0.2) is 81.7 Å². The van der Waals surface area contributed by atoms with Crippen molar-refractivity contribution in [3.63, 3.8) is 0 Å². The highest BCUT2D eigenvalue weighted by Crippen LogP contribution is 2.37. The molecule has 4 heterocycles. The first-order valence-electron chi connectivity index (χ1n) is 16.5. The molecule has 2 fully saturated rings. The molecule has 10 nitrogen and oxygen atoms in total. The van der Waals surface area contributed by atoms with E-state index in [1.165, 1.54) is 11.1 Å². The normalized spacial score (nSPS) is 17.9. The Balaban J connectivity index is 0.000000371. The summed E-state index contributed by atoms with van der Waals surface area (Å²) >= 11 is 8.03. The van der Waals surface area contributed by atoms with Gasteiger partial charge in [0, 0.05) is 48.4 Å². The number of rotatable bonds is 9. The maximum absolute atomic E-state index is 13.5. The Morgan fingerprint density at radius 3 is 2.49 bits per heavy atom. The van der Waals surface area contributed by atoms with Crippen molar-refractivity contribution in [1.29, 1.82) is 0 Å². The Bertz CT molecular complexity index is 1530. The molecule has 0 spiro atoms. The lowest BCUT2D eigenvalue weighted by Crippen LogP contribution is -2.50. The molecule has 6 rings (SSSR count). The topological polar surface area (TPSA) is 112 Å². The van der Waals surface area contributed by atoms with Gasteiger partial charge in [0.1, 0.15) is 16.6 Å². The van der Waals surface area contributed by atoms with Crippen LogP contribution in [0.1, 0.15) is 69.3 Å². The number of anilines is 3. The van der Waals surface area contributed by atoms with Gasteiger partial charge in [-0.05, 0) is 75.9 Å². The zero-order valence-corrected chi connectivity index (χ0v) is 29.5. The smallest absolute Gasteiger partial charge is 0.254 e. The van der Waals surface area contributed by atoms with Gasteiger partial charge in [-0.15, -0.1) is 11.8 Å². The molecule has 1 aromatic heterocycles. The van der Waals surface area contributed by atoms with Crippen molar-refractivity contribution >= 4 is 52.6 Å². The van der Waals surface area contributed by atoms with Crippen LogP contribution in [0.4, 0.5) is 17.5 Å². The summed E-state index contributed by atoms with van der Waals surface area (Å²) in [5, 5.41) is 10.5. The van der Waals surface area contributed by atoms with E-state index >= 15 is 0 Å². The number of carbonyl (C=O) groups is 2. The van der Waals surface area contributed by atoms with E-state index in [1.54, 1.807) is 7.05 Å². The molecule has 3 aromatic rings. The SMILES string of the molecule is CC(C)Sc1ccccc1.CNc1nc(Nc2cc3c(cc2OC(C)C)CN(C2CCN(C(=O)C4CCCN4)CC2)C3=O)ncc1Cl. The number of carbonyl (C=O) groups excluding carboxylic acids is 2. The van der Waals surface area contributed by atoms with Crippen LogP contribution in [0.3, 0.4) is 0 Å². The van der Waals surface area contributed by atoms with Crippen LogP contribution in [0.15, 0.2) is 53.6 Å². The predicted molar refractivity (Wildman–Crippen MR) is 190 cm³/mol. The van der Waals surface area contributed by atoms with E-state index in [1.807, 2.05) is 53.6 Å². The Morgan fingerprint density at radius 2 is 1.85 bits per heavy atom. The average molecular weight is 680 g/mol. The Kier molecular flexibility index (Phi) is 11.9.